The Balaban J connectivity index is 1.70. The van der Waals surface area contributed by atoms with E-state index in [1.165, 1.54) is 0 Å². The Morgan fingerprint density at radius 3 is 1.91 bits per heavy atom. The zero-order chi connectivity index (χ0) is 25.8. The maximum Gasteiger partial charge on any atom is 0.408 e. The van der Waals surface area contributed by atoms with E-state index in [0.717, 1.165) is 22.3 Å². The van der Waals surface area contributed by atoms with E-state index in [9.17, 15) is 19.5 Å². The third-order valence-corrected chi connectivity index (χ3v) is 7.23. The second-order valence-corrected chi connectivity index (χ2v) is 9.61. The van der Waals surface area contributed by atoms with Gasteiger partial charge in [0.15, 0.2) is 0 Å². The minimum Gasteiger partial charge on any atom is -0.481 e. The van der Waals surface area contributed by atoms with Crippen molar-refractivity contribution < 1.29 is 24.2 Å². The predicted molar refractivity (Wildman–Crippen MR) is 135 cm³/mol. The minimum absolute atomic E-state index is 0.0815. The fraction of sp³-hybridized carbons (Fsp3) is 0.464. The number of hydrogen-bond acceptors (Lipinski definition) is 4. The molecule has 0 spiro atoms. The van der Waals surface area contributed by atoms with Crippen LogP contribution in [0.5, 0.6) is 0 Å². The second-order valence-electron chi connectivity index (χ2n) is 9.61. The smallest absolute Gasteiger partial charge is 0.408 e. The van der Waals surface area contributed by atoms with E-state index in [-0.39, 0.29) is 18.4 Å². The van der Waals surface area contributed by atoms with E-state index in [2.05, 4.69) is 22.8 Å². The van der Waals surface area contributed by atoms with Crippen LogP contribution in [-0.4, -0.2) is 41.3 Å². The summed E-state index contributed by atoms with van der Waals surface area (Å²) in [7, 11) is 0. The van der Waals surface area contributed by atoms with Gasteiger partial charge in [-0.05, 0) is 47.9 Å². The van der Waals surface area contributed by atoms with E-state index >= 15 is 0 Å². The Labute approximate surface area is 207 Å². The van der Waals surface area contributed by atoms with Crippen LogP contribution in [0.4, 0.5) is 4.79 Å². The summed E-state index contributed by atoms with van der Waals surface area (Å²) in [4.78, 5) is 37.8. The zero-order valence-electron chi connectivity index (χ0n) is 21.1. The highest BCUT2D eigenvalue weighted by atomic mass is 16.5. The van der Waals surface area contributed by atoms with Gasteiger partial charge in [0.1, 0.15) is 12.1 Å². The van der Waals surface area contributed by atoms with E-state index in [0.29, 0.717) is 12.8 Å². The molecule has 1 aliphatic rings. The first kappa shape index (κ1) is 26.3. The van der Waals surface area contributed by atoms with Gasteiger partial charge in [0.05, 0.1) is 5.92 Å². The number of carbonyl (C=O) groups excluding carboxylic acids is 2. The Kier molecular flexibility index (Phi) is 8.20. The second kappa shape index (κ2) is 10.9. The average Bonchev–Trinajstić information content (AvgIpc) is 3.14. The molecule has 0 aromatic heterocycles. The lowest BCUT2D eigenvalue weighted by molar-refractivity contribution is -0.144. The summed E-state index contributed by atoms with van der Waals surface area (Å²) in [6, 6.07) is 15.6. The first-order valence-corrected chi connectivity index (χ1v) is 12.3. The van der Waals surface area contributed by atoms with Crippen molar-refractivity contribution in [3.05, 3.63) is 59.7 Å². The molecule has 0 heterocycles. The van der Waals surface area contributed by atoms with Crippen LogP contribution in [0.2, 0.25) is 0 Å². The molecule has 2 unspecified atom stereocenters. The standard InChI is InChI=1S/C28H36N2O5/c1-6-28(7-2,26(33)29-18(5)24(17(3)4)25(31)32)30-27(34)35-16-23-21-14-10-8-12-19(21)20-13-9-11-15-22(20)23/h8-15,17-18,23-24H,6-7,16H2,1-5H3,(H,29,33)(H,30,34)(H,31,32). The zero-order valence-corrected chi connectivity index (χ0v) is 21.1. The third-order valence-electron chi connectivity index (χ3n) is 7.23. The van der Waals surface area contributed by atoms with E-state index in [1.807, 2.05) is 64.1 Å². The molecule has 0 aliphatic heterocycles. The van der Waals surface area contributed by atoms with Crippen molar-refractivity contribution >= 4 is 18.0 Å². The number of benzene rings is 2. The van der Waals surface area contributed by atoms with Gasteiger partial charge in [-0.15, -0.1) is 0 Å². The highest BCUT2D eigenvalue weighted by Gasteiger charge is 2.40. The molecule has 3 N–H and O–H groups in total. The molecule has 188 valence electrons. The van der Waals surface area contributed by atoms with Crippen molar-refractivity contribution in [2.24, 2.45) is 11.8 Å². The van der Waals surface area contributed by atoms with Crippen LogP contribution in [0.1, 0.15) is 64.5 Å². The van der Waals surface area contributed by atoms with Gasteiger partial charge in [-0.1, -0.05) is 76.2 Å². The summed E-state index contributed by atoms with van der Waals surface area (Å²) in [6.07, 6.45) is 0.00847. The van der Waals surface area contributed by atoms with Gasteiger partial charge in [-0.3, -0.25) is 9.59 Å². The fourth-order valence-electron chi connectivity index (χ4n) is 5.15. The number of nitrogens with one attached hydrogen (secondary N) is 2. The highest BCUT2D eigenvalue weighted by molar-refractivity contribution is 5.90. The van der Waals surface area contributed by atoms with Gasteiger partial charge >= 0.3 is 12.1 Å². The number of carbonyl (C=O) groups is 3. The summed E-state index contributed by atoms with van der Waals surface area (Å²) in [5.74, 6) is -2.34. The molecular formula is C28H36N2O5. The van der Waals surface area contributed by atoms with E-state index in [4.69, 9.17) is 4.74 Å². The third kappa shape index (κ3) is 5.34. The number of aliphatic carboxylic acids is 1. The van der Waals surface area contributed by atoms with Gasteiger partial charge in [-0.2, -0.15) is 0 Å². The molecule has 1 aliphatic carbocycles. The molecule has 0 saturated heterocycles. The first-order valence-electron chi connectivity index (χ1n) is 12.3. The Morgan fingerprint density at radius 2 is 1.46 bits per heavy atom. The van der Waals surface area contributed by atoms with Crippen LogP contribution in [0.3, 0.4) is 0 Å². The molecule has 3 rings (SSSR count). The fourth-order valence-corrected chi connectivity index (χ4v) is 5.15. The summed E-state index contributed by atoms with van der Waals surface area (Å²) in [6.45, 7) is 9.08. The van der Waals surface area contributed by atoms with Crippen LogP contribution in [-0.2, 0) is 14.3 Å². The van der Waals surface area contributed by atoms with Crippen LogP contribution >= 0.6 is 0 Å². The number of hydrogen-bond donors (Lipinski definition) is 3. The summed E-state index contributed by atoms with van der Waals surface area (Å²) in [5, 5.41) is 15.2. The van der Waals surface area contributed by atoms with Crippen LogP contribution in [0, 0.1) is 11.8 Å². The molecule has 7 heteroatoms. The average molecular weight is 481 g/mol. The van der Waals surface area contributed by atoms with Crippen LogP contribution in [0.25, 0.3) is 11.1 Å². The van der Waals surface area contributed by atoms with Gasteiger partial charge in [-0.25, -0.2) is 4.79 Å². The lowest BCUT2D eigenvalue weighted by Crippen LogP contribution is -2.60. The molecule has 0 fully saturated rings. The SMILES string of the molecule is CCC(CC)(NC(=O)OCC1c2ccccc2-c2ccccc21)C(=O)NC(C)C(C(=O)O)C(C)C. The maximum absolute atomic E-state index is 13.2. The van der Waals surface area contributed by atoms with Crippen LogP contribution in [0.15, 0.2) is 48.5 Å². The van der Waals surface area contributed by atoms with Gasteiger partial charge in [0, 0.05) is 12.0 Å². The summed E-state index contributed by atoms with van der Waals surface area (Å²) in [5.41, 5.74) is 3.30. The topological polar surface area (TPSA) is 105 Å². The van der Waals surface area contributed by atoms with Crippen LogP contribution < -0.4 is 10.6 Å². The number of alkyl carbamates (subject to hydrolysis) is 1. The van der Waals surface area contributed by atoms with Gasteiger partial charge < -0.3 is 20.5 Å². The molecule has 0 radical (unpaired) electrons. The summed E-state index contributed by atoms with van der Waals surface area (Å²) < 4.78 is 5.65. The lowest BCUT2D eigenvalue weighted by Gasteiger charge is -2.34. The molecule has 2 amide bonds. The van der Waals surface area contributed by atoms with Crippen molar-refractivity contribution in [3.8, 4) is 11.1 Å². The van der Waals surface area contributed by atoms with E-state index < -0.39 is 35.5 Å². The molecule has 35 heavy (non-hydrogen) atoms. The maximum atomic E-state index is 13.2. The van der Waals surface area contributed by atoms with Gasteiger partial charge in [0.25, 0.3) is 0 Å². The van der Waals surface area contributed by atoms with Crippen molar-refractivity contribution in [1.29, 1.82) is 0 Å². The van der Waals surface area contributed by atoms with Crippen molar-refractivity contribution in [1.82, 2.24) is 10.6 Å². The Hall–Kier alpha value is -3.35. The molecule has 2 aromatic carbocycles. The molecule has 0 saturated carbocycles. The minimum atomic E-state index is -1.20. The normalized spacial score (nSPS) is 14.6. The van der Waals surface area contributed by atoms with Gasteiger partial charge in [0.2, 0.25) is 5.91 Å². The lowest BCUT2D eigenvalue weighted by atomic mass is 9.87. The largest absolute Gasteiger partial charge is 0.481 e. The van der Waals surface area contributed by atoms with Crippen molar-refractivity contribution in [2.45, 2.75) is 65.0 Å². The molecular weight excluding hydrogens is 444 g/mol. The summed E-state index contributed by atoms with van der Waals surface area (Å²) >= 11 is 0. The number of carboxylic acid groups (broad SMARTS) is 1. The monoisotopic (exact) mass is 480 g/mol. The first-order chi connectivity index (χ1) is 16.6. The molecule has 0 bridgehead atoms. The van der Waals surface area contributed by atoms with Crippen molar-refractivity contribution in [3.63, 3.8) is 0 Å². The molecule has 2 aromatic rings. The molecule has 7 nitrogen and oxygen atoms in total. The number of ether oxygens (including phenoxy) is 1. The Morgan fingerprint density at radius 1 is 0.943 bits per heavy atom. The molecule has 2 atom stereocenters. The predicted octanol–water partition coefficient (Wildman–Crippen LogP) is 4.95. The van der Waals surface area contributed by atoms with E-state index in [1.54, 1.807) is 6.92 Å². The highest BCUT2D eigenvalue weighted by Crippen LogP contribution is 2.44. The number of rotatable bonds is 10. The van der Waals surface area contributed by atoms with Crippen molar-refractivity contribution in [2.75, 3.05) is 6.61 Å². The Bertz CT molecular complexity index is 1030. The number of carboxylic acids is 1. The quantitative estimate of drug-likeness (QED) is 0.447. The number of fused-ring (bicyclic) bond motifs is 3. The number of amides is 2.